The molecule has 0 bridgehead atoms. The van der Waals surface area contributed by atoms with Crippen LogP contribution < -0.4 is 10.5 Å². The van der Waals surface area contributed by atoms with Gasteiger partial charge in [0.2, 0.25) is 5.91 Å². The average Bonchev–Trinajstić information content (AvgIpc) is 2.61. The summed E-state index contributed by atoms with van der Waals surface area (Å²) in [6.07, 6.45) is 3.11. The Kier molecular flexibility index (Phi) is 5.64. The van der Waals surface area contributed by atoms with Gasteiger partial charge in [0, 0.05) is 30.4 Å². The Morgan fingerprint density at radius 1 is 1.35 bits per heavy atom. The van der Waals surface area contributed by atoms with Gasteiger partial charge in [-0.25, -0.2) is 0 Å². The van der Waals surface area contributed by atoms with E-state index < -0.39 is 0 Å². The monoisotopic (exact) mass is 355 g/mol. The van der Waals surface area contributed by atoms with Crippen LogP contribution in [0.5, 0.6) is 5.75 Å². The number of nitrogen functional groups attached to an aromatic ring is 1. The molecule has 0 atom stereocenters. The van der Waals surface area contributed by atoms with Gasteiger partial charge in [-0.2, -0.15) is 0 Å². The number of anilines is 1. The summed E-state index contributed by atoms with van der Waals surface area (Å²) in [5.41, 5.74) is 8.68. The lowest BCUT2D eigenvalue weighted by Crippen LogP contribution is -2.40. The molecule has 0 saturated carbocycles. The molecule has 0 aliphatic carbocycles. The van der Waals surface area contributed by atoms with Crippen LogP contribution in [0.25, 0.3) is 10.9 Å². The van der Waals surface area contributed by atoms with Crippen molar-refractivity contribution in [3.8, 4) is 5.75 Å². The van der Waals surface area contributed by atoms with Crippen LogP contribution in [0.2, 0.25) is 0 Å². The number of hydrogen-bond donors (Lipinski definition) is 1. The van der Waals surface area contributed by atoms with Gasteiger partial charge in [-0.3, -0.25) is 9.78 Å². The van der Waals surface area contributed by atoms with Crippen LogP contribution in [0.1, 0.15) is 38.8 Å². The standard InChI is InChI=1S/C21H29N3O2/c1-14(2)21(25)24-10-7-16(8-11-24)9-12-26-19-6-4-5-18-20(19)17(22)13-15(3)23-18/h4-6,13-14,16H,7-12H2,1-3H3,(H2,22,23). The highest BCUT2D eigenvalue weighted by Gasteiger charge is 2.24. The Morgan fingerprint density at radius 3 is 2.77 bits per heavy atom. The molecule has 1 aromatic carbocycles. The number of aryl methyl sites for hydroxylation is 1. The number of nitrogens with two attached hydrogens (primary N) is 1. The largest absolute Gasteiger partial charge is 0.493 e. The van der Waals surface area contributed by atoms with Crippen molar-refractivity contribution in [1.29, 1.82) is 0 Å². The van der Waals surface area contributed by atoms with Crippen LogP contribution in [0, 0.1) is 18.8 Å². The number of piperidine rings is 1. The molecule has 5 heteroatoms. The van der Waals surface area contributed by atoms with Crippen molar-refractivity contribution < 1.29 is 9.53 Å². The topological polar surface area (TPSA) is 68.5 Å². The van der Waals surface area contributed by atoms with Gasteiger partial charge in [-0.15, -0.1) is 0 Å². The first kappa shape index (κ1) is 18.5. The SMILES string of the molecule is Cc1cc(N)c2c(OCCC3CCN(C(=O)C(C)C)CC3)cccc2n1. The number of likely N-dealkylation sites (tertiary alicyclic amines) is 1. The molecule has 0 spiro atoms. The molecule has 0 radical (unpaired) electrons. The highest BCUT2D eigenvalue weighted by atomic mass is 16.5. The summed E-state index contributed by atoms with van der Waals surface area (Å²) in [4.78, 5) is 18.6. The summed E-state index contributed by atoms with van der Waals surface area (Å²) in [6, 6.07) is 7.77. The highest BCUT2D eigenvalue weighted by Crippen LogP contribution is 2.31. The summed E-state index contributed by atoms with van der Waals surface area (Å²) in [7, 11) is 0. The molecule has 2 aromatic rings. The molecule has 3 rings (SSSR count). The molecule has 2 N–H and O–H groups in total. The third kappa shape index (κ3) is 4.09. The molecular formula is C21H29N3O2. The van der Waals surface area contributed by atoms with Gasteiger partial charge in [-0.05, 0) is 50.3 Å². The van der Waals surface area contributed by atoms with Gasteiger partial charge in [0.05, 0.1) is 17.5 Å². The van der Waals surface area contributed by atoms with E-state index >= 15 is 0 Å². The van der Waals surface area contributed by atoms with E-state index in [0.717, 1.165) is 54.7 Å². The minimum atomic E-state index is 0.0870. The number of carbonyl (C=O) groups is 1. The van der Waals surface area contributed by atoms with E-state index in [-0.39, 0.29) is 11.8 Å². The predicted molar refractivity (Wildman–Crippen MR) is 105 cm³/mol. The van der Waals surface area contributed by atoms with Gasteiger partial charge in [0.15, 0.2) is 0 Å². The molecule has 1 aromatic heterocycles. The number of hydrogen-bond acceptors (Lipinski definition) is 4. The Balaban J connectivity index is 1.55. The second-order valence-electron chi connectivity index (χ2n) is 7.56. The Labute approximate surface area is 155 Å². The quantitative estimate of drug-likeness (QED) is 0.886. The fourth-order valence-electron chi connectivity index (χ4n) is 3.69. The number of aromatic nitrogens is 1. The van der Waals surface area contributed by atoms with Gasteiger partial charge in [-0.1, -0.05) is 19.9 Å². The number of benzene rings is 1. The van der Waals surface area contributed by atoms with E-state index in [2.05, 4.69) is 4.98 Å². The zero-order valence-corrected chi connectivity index (χ0v) is 16.0. The van der Waals surface area contributed by atoms with E-state index in [4.69, 9.17) is 10.5 Å². The first-order valence-electron chi connectivity index (χ1n) is 9.53. The second kappa shape index (κ2) is 7.94. The zero-order valence-electron chi connectivity index (χ0n) is 16.0. The van der Waals surface area contributed by atoms with Crippen molar-refractivity contribution in [1.82, 2.24) is 9.88 Å². The minimum Gasteiger partial charge on any atom is -0.493 e. The van der Waals surface area contributed by atoms with Crippen LogP contribution in [-0.4, -0.2) is 35.5 Å². The average molecular weight is 355 g/mol. The van der Waals surface area contributed by atoms with Crippen molar-refractivity contribution in [2.75, 3.05) is 25.4 Å². The van der Waals surface area contributed by atoms with Crippen molar-refractivity contribution in [2.24, 2.45) is 11.8 Å². The maximum atomic E-state index is 12.1. The van der Waals surface area contributed by atoms with E-state index in [1.807, 2.05) is 49.9 Å². The summed E-state index contributed by atoms with van der Waals surface area (Å²) >= 11 is 0. The fourth-order valence-corrected chi connectivity index (χ4v) is 3.69. The number of carbonyl (C=O) groups excluding carboxylic acids is 1. The molecule has 0 unspecified atom stereocenters. The maximum absolute atomic E-state index is 12.1. The summed E-state index contributed by atoms with van der Waals surface area (Å²) in [6.45, 7) is 8.27. The zero-order chi connectivity index (χ0) is 18.7. The summed E-state index contributed by atoms with van der Waals surface area (Å²) < 4.78 is 6.05. The molecule has 1 aliphatic rings. The first-order chi connectivity index (χ1) is 12.5. The second-order valence-corrected chi connectivity index (χ2v) is 7.56. The van der Waals surface area contributed by atoms with Crippen LogP contribution >= 0.6 is 0 Å². The Bertz CT molecular complexity index is 780. The first-order valence-corrected chi connectivity index (χ1v) is 9.53. The van der Waals surface area contributed by atoms with Crippen molar-refractivity contribution in [3.63, 3.8) is 0 Å². The lowest BCUT2D eigenvalue weighted by molar-refractivity contribution is -0.135. The minimum absolute atomic E-state index is 0.0870. The number of nitrogens with zero attached hydrogens (tertiary/aromatic N) is 2. The molecular weight excluding hydrogens is 326 g/mol. The van der Waals surface area contributed by atoms with E-state index in [9.17, 15) is 4.79 Å². The number of pyridine rings is 1. The predicted octanol–water partition coefficient (Wildman–Crippen LogP) is 3.79. The lowest BCUT2D eigenvalue weighted by Gasteiger charge is -2.33. The van der Waals surface area contributed by atoms with Crippen LogP contribution in [0.3, 0.4) is 0 Å². The third-order valence-electron chi connectivity index (χ3n) is 5.16. The smallest absolute Gasteiger partial charge is 0.225 e. The Hall–Kier alpha value is -2.30. The Morgan fingerprint density at radius 2 is 2.08 bits per heavy atom. The van der Waals surface area contributed by atoms with E-state index in [0.29, 0.717) is 18.2 Å². The molecule has 140 valence electrons. The van der Waals surface area contributed by atoms with Gasteiger partial charge in [0.25, 0.3) is 0 Å². The van der Waals surface area contributed by atoms with Gasteiger partial charge in [0.1, 0.15) is 5.75 Å². The van der Waals surface area contributed by atoms with E-state index in [1.54, 1.807) is 0 Å². The molecule has 2 heterocycles. The summed E-state index contributed by atoms with van der Waals surface area (Å²) in [5.74, 6) is 1.77. The number of fused-ring (bicyclic) bond motifs is 1. The van der Waals surface area contributed by atoms with Crippen LogP contribution in [0.4, 0.5) is 5.69 Å². The molecule has 1 fully saturated rings. The lowest BCUT2D eigenvalue weighted by atomic mass is 9.93. The molecule has 26 heavy (non-hydrogen) atoms. The maximum Gasteiger partial charge on any atom is 0.225 e. The van der Waals surface area contributed by atoms with Gasteiger partial charge < -0.3 is 15.4 Å². The molecule has 1 amide bonds. The van der Waals surface area contributed by atoms with Gasteiger partial charge >= 0.3 is 0 Å². The van der Waals surface area contributed by atoms with Crippen LogP contribution in [-0.2, 0) is 4.79 Å². The van der Waals surface area contributed by atoms with Crippen LogP contribution in [0.15, 0.2) is 24.3 Å². The number of amides is 1. The van der Waals surface area contributed by atoms with Crippen molar-refractivity contribution >= 4 is 22.5 Å². The third-order valence-corrected chi connectivity index (χ3v) is 5.16. The number of ether oxygens (including phenoxy) is 1. The summed E-state index contributed by atoms with van der Waals surface area (Å²) in [5, 5.41) is 0.899. The van der Waals surface area contributed by atoms with Crippen molar-refractivity contribution in [3.05, 3.63) is 30.0 Å². The molecule has 1 saturated heterocycles. The normalized spacial score (nSPS) is 15.6. The molecule has 1 aliphatic heterocycles. The van der Waals surface area contributed by atoms with Crippen molar-refractivity contribution in [2.45, 2.75) is 40.0 Å². The number of rotatable bonds is 5. The molecule has 5 nitrogen and oxygen atoms in total. The fraction of sp³-hybridized carbons (Fsp3) is 0.524. The highest BCUT2D eigenvalue weighted by molar-refractivity contribution is 5.95. The van der Waals surface area contributed by atoms with E-state index in [1.165, 1.54) is 0 Å².